The lowest BCUT2D eigenvalue weighted by Gasteiger charge is -2.09. The van der Waals surface area contributed by atoms with Crippen LogP contribution in [0.3, 0.4) is 0 Å². The summed E-state index contributed by atoms with van der Waals surface area (Å²) in [5.74, 6) is 1.94. The number of benzene rings is 1. The maximum atomic E-state index is 5.74. The first-order chi connectivity index (χ1) is 8.20. The Morgan fingerprint density at radius 3 is 2.53 bits per heavy atom. The first-order valence-corrected chi connectivity index (χ1v) is 5.91. The van der Waals surface area contributed by atoms with E-state index in [-0.39, 0.29) is 0 Å². The standard InChI is InChI=1S/C14H18N2O/c1-4-16-12(3)15-9-13(16)10-17-14-7-5-11(2)6-8-14/h5-9H,4,10H2,1-3H3. The van der Waals surface area contributed by atoms with Gasteiger partial charge in [-0.1, -0.05) is 17.7 Å². The molecule has 1 aromatic carbocycles. The van der Waals surface area contributed by atoms with Gasteiger partial charge < -0.3 is 9.30 Å². The number of aryl methyl sites for hydroxylation is 2. The highest BCUT2D eigenvalue weighted by Crippen LogP contribution is 2.14. The van der Waals surface area contributed by atoms with Crippen molar-refractivity contribution in [1.29, 1.82) is 0 Å². The van der Waals surface area contributed by atoms with Crippen LogP contribution in [0.15, 0.2) is 30.5 Å². The molecule has 0 N–H and O–H groups in total. The molecule has 0 saturated carbocycles. The molecule has 0 saturated heterocycles. The molecule has 0 aliphatic heterocycles. The summed E-state index contributed by atoms with van der Waals surface area (Å²) in [6.07, 6.45) is 1.88. The zero-order valence-electron chi connectivity index (χ0n) is 10.6. The maximum Gasteiger partial charge on any atom is 0.130 e. The van der Waals surface area contributed by atoms with Gasteiger partial charge in [-0.05, 0) is 32.9 Å². The fraction of sp³-hybridized carbons (Fsp3) is 0.357. The van der Waals surface area contributed by atoms with Crippen LogP contribution in [0.2, 0.25) is 0 Å². The van der Waals surface area contributed by atoms with Gasteiger partial charge in [0.25, 0.3) is 0 Å². The van der Waals surface area contributed by atoms with Gasteiger partial charge in [-0.3, -0.25) is 0 Å². The molecular weight excluding hydrogens is 212 g/mol. The van der Waals surface area contributed by atoms with Crippen molar-refractivity contribution in [3.63, 3.8) is 0 Å². The molecule has 0 fully saturated rings. The van der Waals surface area contributed by atoms with Crippen LogP contribution in [-0.4, -0.2) is 9.55 Å². The topological polar surface area (TPSA) is 27.1 Å². The lowest BCUT2D eigenvalue weighted by Crippen LogP contribution is -2.06. The second-order valence-corrected chi connectivity index (χ2v) is 4.14. The van der Waals surface area contributed by atoms with E-state index < -0.39 is 0 Å². The van der Waals surface area contributed by atoms with Crippen molar-refractivity contribution >= 4 is 0 Å². The number of hydrogen-bond acceptors (Lipinski definition) is 2. The second kappa shape index (κ2) is 5.04. The third-order valence-electron chi connectivity index (χ3n) is 2.86. The van der Waals surface area contributed by atoms with Crippen molar-refractivity contribution in [3.05, 3.63) is 47.5 Å². The largest absolute Gasteiger partial charge is 0.487 e. The minimum Gasteiger partial charge on any atom is -0.487 e. The van der Waals surface area contributed by atoms with Gasteiger partial charge in [0, 0.05) is 6.54 Å². The van der Waals surface area contributed by atoms with Crippen molar-refractivity contribution in [3.8, 4) is 5.75 Å². The van der Waals surface area contributed by atoms with Gasteiger partial charge in [-0.2, -0.15) is 0 Å². The predicted molar refractivity (Wildman–Crippen MR) is 68.1 cm³/mol. The molecule has 0 aliphatic rings. The average molecular weight is 230 g/mol. The maximum absolute atomic E-state index is 5.74. The lowest BCUT2D eigenvalue weighted by molar-refractivity contribution is 0.295. The number of imidazole rings is 1. The Morgan fingerprint density at radius 1 is 1.18 bits per heavy atom. The van der Waals surface area contributed by atoms with E-state index >= 15 is 0 Å². The Labute approximate surface area is 102 Å². The number of rotatable bonds is 4. The number of hydrogen-bond donors (Lipinski definition) is 0. The van der Waals surface area contributed by atoms with Gasteiger partial charge in [0.2, 0.25) is 0 Å². The van der Waals surface area contributed by atoms with E-state index in [1.165, 1.54) is 5.56 Å². The number of nitrogens with zero attached hydrogens (tertiary/aromatic N) is 2. The normalized spacial score (nSPS) is 10.5. The van der Waals surface area contributed by atoms with Crippen LogP contribution in [-0.2, 0) is 13.2 Å². The molecule has 90 valence electrons. The Kier molecular flexibility index (Phi) is 3.47. The second-order valence-electron chi connectivity index (χ2n) is 4.14. The van der Waals surface area contributed by atoms with Crippen molar-refractivity contribution in [1.82, 2.24) is 9.55 Å². The van der Waals surface area contributed by atoms with Gasteiger partial charge >= 0.3 is 0 Å². The summed E-state index contributed by atoms with van der Waals surface area (Å²) >= 11 is 0. The van der Waals surface area contributed by atoms with Crippen LogP contribution in [0, 0.1) is 13.8 Å². The molecule has 3 nitrogen and oxygen atoms in total. The van der Waals surface area contributed by atoms with Gasteiger partial charge in [0.05, 0.1) is 11.9 Å². The molecule has 2 rings (SSSR count). The van der Waals surface area contributed by atoms with E-state index in [2.05, 4.69) is 35.5 Å². The summed E-state index contributed by atoms with van der Waals surface area (Å²) in [4.78, 5) is 4.30. The van der Waals surface area contributed by atoms with Crippen molar-refractivity contribution in [2.24, 2.45) is 0 Å². The third kappa shape index (κ3) is 2.67. The highest BCUT2D eigenvalue weighted by atomic mass is 16.5. The average Bonchev–Trinajstić information content (AvgIpc) is 2.69. The van der Waals surface area contributed by atoms with E-state index in [4.69, 9.17) is 4.74 Å². The molecule has 3 heteroatoms. The molecule has 0 spiro atoms. The van der Waals surface area contributed by atoms with Crippen molar-refractivity contribution in [2.75, 3.05) is 0 Å². The van der Waals surface area contributed by atoms with Crippen molar-refractivity contribution < 1.29 is 4.74 Å². The Balaban J connectivity index is 2.04. The first kappa shape index (κ1) is 11.7. The third-order valence-corrected chi connectivity index (χ3v) is 2.86. The summed E-state index contributed by atoms with van der Waals surface area (Å²) in [6.45, 7) is 7.69. The molecule has 1 aromatic heterocycles. The SMILES string of the molecule is CCn1c(COc2ccc(C)cc2)cnc1C. The molecule has 0 radical (unpaired) electrons. The Hall–Kier alpha value is -1.77. The minimum atomic E-state index is 0.567. The summed E-state index contributed by atoms with van der Waals surface area (Å²) in [7, 11) is 0. The van der Waals surface area contributed by atoms with E-state index in [1.807, 2.05) is 25.3 Å². The molecule has 0 atom stereocenters. The molecule has 1 heterocycles. The summed E-state index contributed by atoms with van der Waals surface area (Å²) < 4.78 is 7.90. The molecular formula is C14H18N2O. The van der Waals surface area contributed by atoms with Crippen molar-refractivity contribution in [2.45, 2.75) is 33.9 Å². The fourth-order valence-electron chi connectivity index (χ4n) is 1.85. The summed E-state index contributed by atoms with van der Waals surface area (Å²) in [5.41, 5.74) is 2.36. The highest BCUT2D eigenvalue weighted by molar-refractivity contribution is 5.26. The molecule has 0 amide bonds. The zero-order valence-corrected chi connectivity index (χ0v) is 10.6. The smallest absolute Gasteiger partial charge is 0.130 e. The monoisotopic (exact) mass is 230 g/mol. The predicted octanol–water partition coefficient (Wildman–Crippen LogP) is 3.10. The Bertz CT molecular complexity index is 485. The summed E-state index contributed by atoms with van der Waals surface area (Å²) in [6, 6.07) is 8.10. The van der Waals surface area contributed by atoms with Crippen LogP contribution < -0.4 is 4.74 Å². The van der Waals surface area contributed by atoms with E-state index in [0.717, 1.165) is 23.8 Å². The van der Waals surface area contributed by atoms with Gasteiger partial charge in [0.15, 0.2) is 0 Å². The molecule has 17 heavy (non-hydrogen) atoms. The van der Waals surface area contributed by atoms with E-state index in [1.54, 1.807) is 0 Å². The molecule has 0 unspecified atom stereocenters. The van der Waals surface area contributed by atoms with Crippen LogP contribution in [0.25, 0.3) is 0 Å². The molecule has 0 bridgehead atoms. The Morgan fingerprint density at radius 2 is 1.88 bits per heavy atom. The van der Waals surface area contributed by atoms with Gasteiger partial charge in [-0.15, -0.1) is 0 Å². The lowest BCUT2D eigenvalue weighted by atomic mass is 10.2. The number of aromatic nitrogens is 2. The fourth-order valence-corrected chi connectivity index (χ4v) is 1.85. The van der Waals surface area contributed by atoms with Gasteiger partial charge in [0.1, 0.15) is 18.2 Å². The quantitative estimate of drug-likeness (QED) is 0.807. The van der Waals surface area contributed by atoms with Crippen LogP contribution in [0.1, 0.15) is 24.0 Å². The highest BCUT2D eigenvalue weighted by Gasteiger charge is 2.05. The molecule has 2 aromatic rings. The van der Waals surface area contributed by atoms with Crippen LogP contribution in [0.5, 0.6) is 5.75 Å². The van der Waals surface area contributed by atoms with Crippen LogP contribution in [0.4, 0.5) is 0 Å². The zero-order chi connectivity index (χ0) is 12.3. The van der Waals surface area contributed by atoms with Crippen LogP contribution >= 0.6 is 0 Å². The molecule has 0 aliphatic carbocycles. The first-order valence-electron chi connectivity index (χ1n) is 5.91. The minimum absolute atomic E-state index is 0.567. The van der Waals surface area contributed by atoms with E-state index in [0.29, 0.717) is 6.61 Å². The number of ether oxygens (including phenoxy) is 1. The van der Waals surface area contributed by atoms with E-state index in [9.17, 15) is 0 Å². The van der Waals surface area contributed by atoms with Gasteiger partial charge in [-0.25, -0.2) is 4.98 Å². The summed E-state index contributed by atoms with van der Waals surface area (Å²) in [5, 5.41) is 0.